The van der Waals surface area contributed by atoms with Crippen molar-refractivity contribution in [2.75, 3.05) is 5.32 Å². The van der Waals surface area contributed by atoms with Gasteiger partial charge in [-0.25, -0.2) is 17.6 Å². The maximum atomic E-state index is 13.0. The third-order valence-corrected chi connectivity index (χ3v) is 5.62. The molecule has 0 aliphatic heterocycles. The highest BCUT2D eigenvalue weighted by atomic mass is 32.2. The number of rotatable bonds is 6. The van der Waals surface area contributed by atoms with E-state index in [1.807, 2.05) is 6.07 Å². The van der Waals surface area contributed by atoms with Gasteiger partial charge in [0, 0.05) is 24.6 Å². The molecule has 1 aromatic heterocycles. The zero-order valence-electron chi connectivity index (χ0n) is 14.8. The van der Waals surface area contributed by atoms with Crippen molar-refractivity contribution in [3.63, 3.8) is 0 Å². The highest BCUT2D eigenvalue weighted by molar-refractivity contribution is 7.90. The van der Waals surface area contributed by atoms with E-state index >= 15 is 0 Å². The molecule has 2 N–H and O–H groups in total. The Morgan fingerprint density at radius 1 is 0.964 bits per heavy atom. The number of benzene rings is 2. The molecule has 0 unspecified atom stereocenters. The van der Waals surface area contributed by atoms with Crippen LogP contribution in [0, 0.1) is 5.82 Å². The fourth-order valence-electron chi connectivity index (χ4n) is 2.49. The maximum Gasteiger partial charge on any atom is 0.319 e. The fourth-order valence-corrected chi connectivity index (χ4v) is 3.84. The Kier molecular flexibility index (Phi) is 6.00. The minimum absolute atomic E-state index is 0.123. The van der Waals surface area contributed by atoms with Crippen LogP contribution in [0.15, 0.2) is 78.0 Å². The molecule has 8 heteroatoms. The zero-order valence-corrected chi connectivity index (χ0v) is 15.6. The number of carbonyl (C=O) groups excluding carboxylic acids is 1. The van der Waals surface area contributed by atoms with Crippen molar-refractivity contribution in [1.29, 1.82) is 0 Å². The van der Waals surface area contributed by atoms with Crippen molar-refractivity contribution < 1.29 is 17.6 Å². The number of hydrogen-bond donors (Lipinski definition) is 2. The number of carbonyl (C=O) groups is 1. The summed E-state index contributed by atoms with van der Waals surface area (Å²) >= 11 is 0. The SMILES string of the molecule is O=C(NCc1cccnc1)Nc1ccc(S(=O)(=O)Cc2ccc(F)cc2)cc1. The van der Waals surface area contributed by atoms with E-state index in [2.05, 4.69) is 15.6 Å². The molecule has 6 nitrogen and oxygen atoms in total. The van der Waals surface area contributed by atoms with Crippen molar-refractivity contribution in [3.05, 3.63) is 90.0 Å². The summed E-state index contributed by atoms with van der Waals surface area (Å²) in [6, 6.07) is 14.4. The van der Waals surface area contributed by atoms with Gasteiger partial charge in [-0.1, -0.05) is 18.2 Å². The molecule has 0 aliphatic carbocycles. The standard InChI is InChI=1S/C20H18FN3O3S/c21-17-5-3-15(4-6-17)14-28(26,27)19-9-7-18(8-10-19)24-20(25)23-13-16-2-1-11-22-12-16/h1-12H,13-14H2,(H2,23,24,25). The van der Waals surface area contributed by atoms with Crippen molar-refractivity contribution in [2.24, 2.45) is 0 Å². The average molecular weight is 399 g/mol. The van der Waals surface area contributed by atoms with Crippen LogP contribution in [-0.2, 0) is 22.1 Å². The van der Waals surface area contributed by atoms with Crippen molar-refractivity contribution >= 4 is 21.6 Å². The predicted octanol–water partition coefficient (Wildman–Crippen LogP) is 3.52. The van der Waals surface area contributed by atoms with Crippen LogP contribution in [0.4, 0.5) is 14.9 Å². The largest absolute Gasteiger partial charge is 0.334 e. The Morgan fingerprint density at radius 3 is 2.32 bits per heavy atom. The minimum atomic E-state index is -3.58. The summed E-state index contributed by atoms with van der Waals surface area (Å²) in [6.07, 6.45) is 3.30. The molecule has 0 saturated carbocycles. The normalized spacial score (nSPS) is 11.0. The lowest BCUT2D eigenvalue weighted by atomic mass is 10.2. The molecule has 0 fully saturated rings. The highest BCUT2D eigenvalue weighted by Gasteiger charge is 2.15. The summed E-state index contributed by atoms with van der Waals surface area (Å²) in [5.74, 6) is -0.649. The number of nitrogens with one attached hydrogen (secondary N) is 2. The van der Waals surface area contributed by atoms with E-state index in [9.17, 15) is 17.6 Å². The summed E-state index contributed by atoms with van der Waals surface area (Å²) in [6.45, 7) is 0.323. The first-order chi connectivity index (χ1) is 13.4. The van der Waals surface area contributed by atoms with Gasteiger partial charge in [-0.15, -0.1) is 0 Å². The van der Waals surface area contributed by atoms with Crippen LogP contribution in [0.2, 0.25) is 0 Å². The van der Waals surface area contributed by atoms with Gasteiger partial charge in [-0.3, -0.25) is 4.98 Å². The Morgan fingerprint density at radius 2 is 1.68 bits per heavy atom. The van der Waals surface area contributed by atoms with Crippen LogP contribution in [0.1, 0.15) is 11.1 Å². The highest BCUT2D eigenvalue weighted by Crippen LogP contribution is 2.19. The Labute approximate surface area is 162 Å². The van der Waals surface area contributed by atoms with Crippen molar-refractivity contribution in [2.45, 2.75) is 17.2 Å². The van der Waals surface area contributed by atoms with E-state index in [1.54, 1.807) is 18.5 Å². The van der Waals surface area contributed by atoms with Crippen molar-refractivity contribution in [1.82, 2.24) is 10.3 Å². The molecule has 0 saturated heterocycles. The van der Waals surface area contributed by atoms with E-state index in [4.69, 9.17) is 0 Å². The van der Waals surface area contributed by atoms with Gasteiger partial charge in [-0.2, -0.15) is 0 Å². The smallest absolute Gasteiger partial charge is 0.319 e. The van der Waals surface area contributed by atoms with Crippen molar-refractivity contribution in [3.8, 4) is 0 Å². The molecule has 0 aliphatic rings. The van der Waals surface area contributed by atoms with Crippen LogP contribution in [0.5, 0.6) is 0 Å². The fraction of sp³-hybridized carbons (Fsp3) is 0.100. The first-order valence-electron chi connectivity index (χ1n) is 8.43. The van der Waals surface area contributed by atoms with Crippen LogP contribution in [-0.4, -0.2) is 19.4 Å². The number of sulfone groups is 1. The van der Waals surface area contributed by atoms with Crippen LogP contribution >= 0.6 is 0 Å². The molecular formula is C20H18FN3O3S. The van der Waals surface area contributed by atoms with Gasteiger partial charge in [0.15, 0.2) is 9.84 Å². The maximum absolute atomic E-state index is 13.0. The quantitative estimate of drug-likeness (QED) is 0.664. The van der Waals surface area contributed by atoms with Crippen LogP contribution in [0.25, 0.3) is 0 Å². The van der Waals surface area contributed by atoms with Gasteiger partial charge in [-0.05, 0) is 53.6 Å². The summed E-state index contributed by atoms with van der Waals surface area (Å²) in [5.41, 5.74) is 1.82. The Balaban J connectivity index is 1.59. The summed E-state index contributed by atoms with van der Waals surface area (Å²) in [4.78, 5) is 16.0. The molecule has 144 valence electrons. The van der Waals surface area contributed by atoms with E-state index < -0.39 is 21.7 Å². The first-order valence-corrected chi connectivity index (χ1v) is 10.1. The predicted molar refractivity (Wildman–Crippen MR) is 104 cm³/mol. The molecule has 0 radical (unpaired) electrons. The summed E-state index contributed by atoms with van der Waals surface area (Å²) in [7, 11) is -3.58. The topological polar surface area (TPSA) is 88.2 Å². The number of amides is 2. The molecule has 2 aromatic carbocycles. The summed E-state index contributed by atoms with van der Waals surface area (Å²) in [5, 5.41) is 5.33. The Bertz CT molecular complexity index is 1040. The van der Waals surface area contributed by atoms with E-state index in [0.29, 0.717) is 17.8 Å². The molecule has 2 amide bonds. The molecule has 28 heavy (non-hydrogen) atoms. The van der Waals surface area contributed by atoms with Gasteiger partial charge in [0.2, 0.25) is 0 Å². The number of aromatic nitrogens is 1. The van der Waals surface area contributed by atoms with Gasteiger partial charge in [0.1, 0.15) is 5.82 Å². The van der Waals surface area contributed by atoms with Gasteiger partial charge < -0.3 is 10.6 Å². The lowest BCUT2D eigenvalue weighted by Crippen LogP contribution is -2.28. The molecule has 0 atom stereocenters. The minimum Gasteiger partial charge on any atom is -0.334 e. The molecule has 0 bridgehead atoms. The molecule has 0 spiro atoms. The third-order valence-electron chi connectivity index (χ3n) is 3.92. The number of anilines is 1. The van der Waals surface area contributed by atoms with Gasteiger partial charge in [0.05, 0.1) is 10.6 Å². The number of hydrogen-bond acceptors (Lipinski definition) is 4. The number of nitrogens with zero attached hydrogens (tertiary/aromatic N) is 1. The third kappa shape index (κ3) is 5.37. The number of urea groups is 1. The second kappa shape index (κ2) is 8.62. The molecular weight excluding hydrogens is 381 g/mol. The van der Waals surface area contributed by atoms with E-state index in [-0.39, 0.29) is 10.6 Å². The lowest BCUT2D eigenvalue weighted by molar-refractivity contribution is 0.251. The molecule has 3 rings (SSSR count). The molecule has 3 aromatic rings. The van der Waals surface area contributed by atoms with Gasteiger partial charge >= 0.3 is 6.03 Å². The van der Waals surface area contributed by atoms with E-state index in [1.165, 1.54) is 48.5 Å². The number of pyridine rings is 1. The summed E-state index contributed by atoms with van der Waals surface area (Å²) < 4.78 is 37.9. The van der Waals surface area contributed by atoms with E-state index in [0.717, 1.165) is 5.56 Å². The number of halogens is 1. The lowest BCUT2D eigenvalue weighted by Gasteiger charge is -2.09. The first kappa shape index (κ1) is 19.5. The monoisotopic (exact) mass is 399 g/mol. The second-order valence-corrected chi connectivity index (χ2v) is 8.07. The Hall–Kier alpha value is -3.26. The van der Waals surface area contributed by atoms with Gasteiger partial charge in [0.25, 0.3) is 0 Å². The second-order valence-electron chi connectivity index (χ2n) is 6.08. The average Bonchev–Trinajstić information content (AvgIpc) is 2.69. The van der Waals surface area contributed by atoms with Crippen LogP contribution < -0.4 is 10.6 Å². The zero-order chi connectivity index (χ0) is 20.0. The van der Waals surface area contributed by atoms with Crippen LogP contribution in [0.3, 0.4) is 0 Å². The molecule has 1 heterocycles.